The molecule has 3 saturated heterocycles. The minimum absolute atomic E-state index is 0.310. The van der Waals surface area contributed by atoms with E-state index in [1.807, 2.05) is 12.1 Å². The Kier molecular flexibility index (Phi) is 2.74. The molecule has 108 valence electrons. The van der Waals surface area contributed by atoms with Crippen molar-refractivity contribution in [3.63, 3.8) is 0 Å². The normalized spacial score (nSPS) is 45.3. The van der Waals surface area contributed by atoms with Crippen molar-refractivity contribution < 1.29 is 4.11 Å². The Balaban J connectivity index is 1.48. The van der Waals surface area contributed by atoms with Crippen LogP contribution in [0.25, 0.3) is 0 Å². The Morgan fingerprint density at radius 3 is 3.00 bits per heavy atom. The summed E-state index contributed by atoms with van der Waals surface area (Å²) >= 11 is 0. The summed E-state index contributed by atoms with van der Waals surface area (Å²) in [6.45, 7) is 4.59. The van der Waals surface area contributed by atoms with E-state index in [0.29, 0.717) is 18.0 Å². The molecule has 0 saturated carbocycles. The maximum Gasteiger partial charge on any atom is 0.0623 e. The standard InChI is InChI=1S/C18H26N2/c1-2-7-17-14(4-1)5-3-6-16(17)12-19-18-13-20-10-8-15(18)9-11-20/h1-2,4,7,15-16,18-19H,3,5-6,8-13H2/t16-,18-/m1/s1/i1T,3T,5T/t3?,5?,16-,18-. The number of nitrogens with zero attached hydrogens (tertiary/aromatic N) is 1. The molecular formula is C18H26N2. The fourth-order valence-corrected chi connectivity index (χ4v) is 4.14. The van der Waals surface area contributed by atoms with Gasteiger partial charge in [-0.2, -0.15) is 0 Å². The monoisotopic (exact) mass is 276 g/mol. The van der Waals surface area contributed by atoms with Gasteiger partial charge in [0.1, 0.15) is 0 Å². The SMILES string of the molecule is [3H]c1ccc2c(c1)C([3H])C([3H])C[C@@H]2CN[C@@H]1CN2CCC1CC2. The van der Waals surface area contributed by atoms with Gasteiger partial charge >= 0.3 is 0 Å². The first-order chi connectivity index (χ1) is 11.1. The third-order valence-electron chi connectivity index (χ3n) is 5.37. The topological polar surface area (TPSA) is 15.3 Å². The molecule has 0 amide bonds. The quantitative estimate of drug-likeness (QED) is 0.913. The van der Waals surface area contributed by atoms with Crippen LogP contribution in [0, 0.1) is 5.92 Å². The van der Waals surface area contributed by atoms with Crippen molar-refractivity contribution in [3.05, 3.63) is 35.4 Å². The molecule has 1 aliphatic carbocycles. The van der Waals surface area contributed by atoms with Gasteiger partial charge in [-0.25, -0.2) is 0 Å². The van der Waals surface area contributed by atoms with Crippen LogP contribution in [0.3, 0.4) is 0 Å². The molecule has 20 heavy (non-hydrogen) atoms. The molecule has 4 aliphatic rings. The van der Waals surface area contributed by atoms with E-state index < -0.39 is 6.40 Å². The highest BCUT2D eigenvalue weighted by Gasteiger charge is 2.34. The van der Waals surface area contributed by atoms with Crippen molar-refractivity contribution in [2.75, 3.05) is 26.2 Å². The van der Waals surface area contributed by atoms with E-state index in [0.717, 1.165) is 24.4 Å². The van der Waals surface area contributed by atoms with Crippen molar-refractivity contribution in [1.82, 2.24) is 10.2 Å². The van der Waals surface area contributed by atoms with Gasteiger partial charge in [0.05, 0.1) is 1.37 Å². The van der Waals surface area contributed by atoms with Gasteiger partial charge in [-0.1, -0.05) is 24.2 Å². The summed E-state index contributed by atoms with van der Waals surface area (Å²) in [6.07, 6.45) is 2.52. The summed E-state index contributed by atoms with van der Waals surface area (Å²) < 4.78 is 24.3. The van der Waals surface area contributed by atoms with E-state index in [4.69, 9.17) is 4.11 Å². The molecule has 1 aromatic rings. The summed E-state index contributed by atoms with van der Waals surface area (Å²) in [5.41, 5.74) is 2.10. The predicted molar refractivity (Wildman–Crippen MR) is 83.1 cm³/mol. The number of fused-ring (bicyclic) bond motifs is 4. The molecule has 3 aliphatic heterocycles. The van der Waals surface area contributed by atoms with Crippen LogP contribution in [0.4, 0.5) is 0 Å². The lowest BCUT2D eigenvalue weighted by Gasteiger charge is -2.45. The summed E-state index contributed by atoms with van der Waals surface area (Å²) in [5, 5.41) is 3.78. The van der Waals surface area contributed by atoms with E-state index in [-0.39, 0.29) is 6.40 Å². The average Bonchev–Trinajstić information content (AvgIpc) is 2.58. The predicted octanol–water partition coefficient (Wildman–Crippen LogP) is 2.79. The third-order valence-corrected chi connectivity index (χ3v) is 5.37. The van der Waals surface area contributed by atoms with Crippen LogP contribution in [0.1, 0.15) is 46.8 Å². The highest BCUT2D eigenvalue weighted by Crippen LogP contribution is 2.32. The summed E-state index contributed by atoms with van der Waals surface area (Å²) in [6, 6.07) is 6.70. The van der Waals surface area contributed by atoms with Crippen LogP contribution in [0.2, 0.25) is 0 Å². The zero-order valence-corrected chi connectivity index (χ0v) is 12.0. The second-order valence-corrected chi connectivity index (χ2v) is 6.54. The Bertz CT molecular complexity index is 571. The molecule has 2 nitrogen and oxygen atoms in total. The second kappa shape index (κ2) is 5.50. The number of hydrogen-bond donors (Lipinski definition) is 1. The van der Waals surface area contributed by atoms with Crippen LogP contribution >= 0.6 is 0 Å². The number of piperidine rings is 3. The van der Waals surface area contributed by atoms with Crippen LogP contribution in [0.15, 0.2) is 24.2 Å². The van der Waals surface area contributed by atoms with Crippen LogP contribution < -0.4 is 5.32 Å². The number of hydrogen-bond acceptors (Lipinski definition) is 2. The molecular weight excluding hydrogens is 244 g/mol. The molecule has 2 bridgehead atoms. The van der Waals surface area contributed by atoms with Gasteiger partial charge in [0, 0.05) is 21.9 Å². The van der Waals surface area contributed by atoms with Crippen LogP contribution in [-0.2, 0) is 6.40 Å². The molecule has 5 rings (SSSR count). The van der Waals surface area contributed by atoms with E-state index in [1.165, 1.54) is 38.0 Å². The van der Waals surface area contributed by atoms with Gasteiger partial charge in [-0.15, -0.1) is 0 Å². The van der Waals surface area contributed by atoms with Crippen molar-refractivity contribution >= 4 is 0 Å². The molecule has 1 aromatic carbocycles. The van der Waals surface area contributed by atoms with Crippen molar-refractivity contribution in [1.29, 1.82) is 0 Å². The molecule has 2 heteroatoms. The van der Waals surface area contributed by atoms with Gasteiger partial charge < -0.3 is 10.2 Å². The minimum Gasteiger partial charge on any atom is -0.312 e. The Morgan fingerprint density at radius 1 is 1.30 bits per heavy atom. The Morgan fingerprint density at radius 2 is 2.20 bits per heavy atom. The number of benzene rings is 1. The third kappa shape index (κ3) is 2.40. The largest absolute Gasteiger partial charge is 0.312 e. The lowest BCUT2D eigenvalue weighted by molar-refractivity contribution is 0.0718. The fourth-order valence-electron chi connectivity index (χ4n) is 4.14. The van der Waals surface area contributed by atoms with Crippen molar-refractivity contribution in [3.8, 4) is 0 Å². The Labute approximate surface area is 126 Å². The molecule has 2 unspecified atom stereocenters. The fraction of sp³-hybridized carbons (Fsp3) is 0.667. The first kappa shape index (κ1) is 9.97. The molecule has 3 heterocycles. The van der Waals surface area contributed by atoms with Crippen molar-refractivity contribution in [2.45, 2.75) is 44.0 Å². The number of rotatable bonds is 3. The van der Waals surface area contributed by atoms with Gasteiger partial charge in [-0.05, 0) is 68.1 Å². The molecule has 0 spiro atoms. The summed E-state index contributed by atoms with van der Waals surface area (Å²) in [5.74, 6) is 1.12. The molecule has 1 N–H and O–H groups in total. The zero-order chi connectivity index (χ0) is 16.0. The summed E-state index contributed by atoms with van der Waals surface area (Å²) in [7, 11) is 0. The lowest BCUT2D eigenvalue weighted by atomic mass is 9.81. The van der Waals surface area contributed by atoms with E-state index in [9.17, 15) is 0 Å². The Hall–Kier alpha value is -0.860. The molecule has 0 radical (unpaired) electrons. The minimum atomic E-state index is -0.497. The zero-order valence-electron chi connectivity index (χ0n) is 15.0. The lowest BCUT2D eigenvalue weighted by Crippen LogP contribution is -2.56. The molecule has 3 fully saturated rings. The highest BCUT2D eigenvalue weighted by molar-refractivity contribution is 5.32. The van der Waals surface area contributed by atoms with Crippen molar-refractivity contribution in [2.24, 2.45) is 5.92 Å². The maximum absolute atomic E-state index is 8.24. The van der Waals surface area contributed by atoms with Gasteiger partial charge in [0.25, 0.3) is 0 Å². The highest BCUT2D eigenvalue weighted by atomic mass is 15.2. The average molecular weight is 276 g/mol. The second-order valence-electron chi connectivity index (χ2n) is 6.54. The van der Waals surface area contributed by atoms with E-state index in [2.05, 4.69) is 10.2 Å². The van der Waals surface area contributed by atoms with Crippen LogP contribution in [-0.4, -0.2) is 37.1 Å². The van der Waals surface area contributed by atoms with E-state index >= 15 is 0 Å². The maximum atomic E-state index is 8.24. The smallest absolute Gasteiger partial charge is 0.0623 e. The molecule has 4 atom stereocenters. The number of nitrogens with one attached hydrogen (secondary N) is 1. The van der Waals surface area contributed by atoms with E-state index in [1.54, 1.807) is 6.07 Å². The summed E-state index contributed by atoms with van der Waals surface area (Å²) in [4.78, 5) is 2.56. The number of aryl methyl sites for hydroxylation is 1. The first-order valence-electron chi connectivity index (χ1n) is 9.68. The van der Waals surface area contributed by atoms with Crippen LogP contribution in [0.5, 0.6) is 0 Å². The van der Waals surface area contributed by atoms with Gasteiger partial charge in [0.2, 0.25) is 0 Å². The van der Waals surface area contributed by atoms with Gasteiger partial charge in [0.15, 0.2) is 0 Å². The molecule has 0 aromatic heterocycles. The van der Waals surface area contributed by atoms with Gasteiger partial charge in [-0.3, -0.25) is 0 Å². The first-order valence-corrected chi connectivity index (χ1v) is 8.02.